The average Bonchev–Trinajstić information content (AvgIpc) is 2.84. The maximum atomic E-state index is 7.63. The molecule has 1 aromatic carbocycles. The van der Waals surface area contributed by atoms with Gasteiger partial charge in [-0.2, -0.15) is 0 Å². The van der Waals surface area contributed by atoms with Crippen LogP contribution in [0.15, 0.2) is 18.2 Å². The summed E-state index contributed by atoms with van der Waals surface area (Å²) in [7, 11) is 0. The lowest BCUT2D eigenvalue weighted by Gasteiger charge is -2.15. The molecule has 1 aliphatic heterocycles. The maximum absolute atomic E-state index is 7.63. The topological polar surface area (TPSA) is 30.5 Å². The van der Waals surface area contributed by atoms with Crippen LogP contribution in [-0.2, 0) is 6.42 Å². The smallest absolute Gasteiger partial charge is 0.231 e. The van der Waals surface area contributed by atoms with E-state index in [0.717, 1.165) is 23.5 Å². The Morgan fingerprint density at radius 3 is 3.19 bits per heavy atom. The van der Waals surface area contributed by atoms with Gasteiger partial charge in [-0.25, -0.2) is 0 Å². The summed E-state index contributed by atoms with van der Waals surface area (Å²) in [6.45, 7) is -1.36. The Kier molecular flexibility index (Phi) is 2.34. The van der Waals surface area contributed by atoms with Gasteiger partial charge in [-0.15, -0.1) is 0 Å². The molecule has 1 N–H and O–H groups in total. The van der Waals surface area contributed by atoms with Crippen molar-refractivity contribution in [2.45, 2.75) is 32.7 Å². The van der Waals surface area contributed by atoms with Crippen molar-refractivity contribution in [1.82, 2.24) is 5.32 Å². The molecule has 16 heavy (non-hydrogen) atoms. The summed E-state index contributed by atoms with van der Waals surface area (Å²) in [6.07, 6.45) is 1.40. The molecule has 0 amide bonds. The fraction of sp³-hybridized carbons (Fsp3) is 0.538. The van der Waals surface area contributed by atoms with E-state index in [1.165, 1.54) is 0 Å². The summed E-state index contributed by atoms with van der Waals surface area (Å²) in [5.74, 6) is 1.45. The van der Waals surface area contributed by atoms with Gasteiger partial charge >= 0.3 is 0 Å². The highest BCUT2D eigenvalue weighted by Crippen LogP contribution is 2.32. The van der Waals surface area contributed by atoms with Crippen LogP contribution in [0.1, 0.15) is 31.2 Å². The highest BCUT2D eigenvalue weighted by molar-refractivity contribution is 5.44. The first-order valence-electron chi connectivity index (χ1n) is 7.54. The second-order valence-corrected chi connectivity index (χ2v) is 3.81. The first-order chi connectivity index (χ1) is 9.40. The molecule has 0 bridgehead atoms. The van der Waals surface area contributed by atoms with Crippen molar-refractivity contribution in [2.75, 3.05) is 13.3 Å². The Bertz CT molecular complexity index is 464. The summed E-state index contributed by atoms with van der Waals surface area (Å²) >= 11 is 0. The van der Waals surface area contributed by atoms with Crippen molar-refractivity contribution >= 4 is 0 Å². The molecule has 0 aliphatic carbocycles. The Hall–Kier alpha value is -1.22. The van der Waals surface area contributed by atoms with E-state index in [-0.39, 0.29) is 12.8 Å². The van der Waals surface area contributed by atoms with Crippen molar-refractivity contribution < 1.29 is 15.0 Å². The van der Waals surface area contributed by atoms with Crippen molar-refractivity contribution in [3.63, 3.8) is 0 Å². The van der Waals surface area contributed by atoms with Crippen LogP contribution < -0.4 is 14.8 Å². The average molecular weight is 225 g/mol. The van der Waals surface area contributed by atoms with Crippen molar-refractivity contribution in [2.24, 2.45) is 0 Å². The van der Waals surface area contributed by atoms with E-state index in [2.05, 4.69) is 5.32 Å². The fourth-order valence-corrected chi connectivity index (χ4v) is 1.79. The second-order valence-electron chi connectivity index (χ2n) is 3.81. The minimum absolute atomic E-state index is 0.0571. The lowest BCUT2D eigenvalue weighted by Crippen LogP contribution is -2.30. The Labute approximate surface area is 102 Å². The minimum atomic E-state index is -2.30. The molecular formula is C13H19NO2. The van der Waals surface area contributed by atoms with Gasteiger partial charge in [-0.3, -0.25) is 0 Å². The van der Waals surface area contributed by atoms with Crippen LogP contribution in [0.4, 0.5) is 0 Å². The highest BCUT2D eigenvalue weighted by Gasteiger charge is 2.14. The normalized spacial score (nSPS) is 21.6. The molecule has 1 heterocycles. The first-order valence-corrected chi connectivity index (χ1v) is 5.47. The van der Waals surface area contributed by atoms with Crippen LogP contribution in [0.2, 0.25) is 0 Å². The van der Waals surface area contributed by atoms with E-state index in [1.54, 1.807) is 0 Å². The zero-order valence-corrected chi connectivity index (χ0v) is 9.32. The SMILES string of the molecule is [2H]C(NC(CC)Cc1ccc2c(c1)OCO2)C([2H])([2H])[2H]. The van der Waals surface area contributed by atoms with E-state index in [0.29, 0.717) is 6.42 Å². The lowest BCUT2D eigenvalue weighted by atomic mass is 10.0. The van der Waals surface area contributed by atoms with Gasteiger partial charge in [0.1, 0.15) is 0 Å². The molecule has 0 radical (unpaired) electrons. The molecule has 1 aromatic rings. The van der Waals surface area contributed by atoms with Gasteiger partial charge in [0.05, 0.1) is 0 Å². The molecule has 0 fully saturated rings. The van der Waals surface area contributed by atoms with E-state index in [1.807, 2.05) is 25.1 Å². The summed E-state index contributed by atoms with van der Waals surface area (Å²) < 4.78 is 39.9. The van der Waals surface area contributed by atoms with Gasteiger partial charge in [0.15, 0.2) is 11.5 Å². The summed E-state index contributed by atoms with van der Waals surface area (Å²) in [4.78, 5) is 0. The number of hydrogen-bond donors (Lipinski definition) is 1. The number of benzene rings is 1. The number of nitrogens with one attached hydrogen (secondary N) is 1. The summed E-state index contributed by atoms with van der Waals surface area (Å²) in [5, 5.41) is 2.85. The van der Waals surface area contributed by atoms with Gasteiger partial charge < -0.3 is 14.8 Å². The molecule has 88 valence electrons. The van der Waals surface area contributed by atoms with Crippen molar-refractivity contribution in [3.8, 4) is 11.5 Å². The van der Waals surface area contributed by atoms with E-state index in [4.69, 9.17) is 15.0 Å². The van der Waals surface area contributed by atoms with E-state index in [9.17, 15) is 0 Å². The van der Waals surface area contributed by atoms with Gasteiger partial charge in [-0.1, -0.05) is 19.8 Å². The zero-order valence-electron chi connectivity index (χ0n) is 13.3. The van der Waals surface area contributed by atoms with Crippen molar-refractivity contribution in [3.05, 3.63) is 23.8 Å². The molecule has 0 aromatic heterocycles. The second kappa shape index (κ2) is 5.21. The van der Waals surface area contributed by atoms with Gasteiger partial charge in [0.2, 0.25) is 6.79 Å². The fourth-order valence-electron chi connectivity index (χ4n) is 1.79. The van der Waals surface area contributed by atoms with Gasteiger partial charge in [0.25, 0.3) is 0 Å². The predicted molar refractivity (Wildman–Crippen MR) is 64.0 cm³/mol. The number of fused-ring (bicyclic) bond motifs is 1. The third-order valence-corrected chi connectivity index (χ3v) is 2.73. The third-order valence-electron chi connectivity index (χ3n) is 2.73. The Balaban J connectivity index is 1.99. The van der Waals surface area contributed by atoms with Crippen LogP contribution in [0.3, 0.4) is 0 Å². The van der Waals surface area contributed by atoms with Crippen LogP contribution in [-0.4, -0.2) is 19.4 Å². The largest absolute Gasteiger partial charge is 0.454 e. The molecule has 3 nitrogen and oxygen atoms in total. The van der Waals surface area contributed by atoms with E-state index < -0.39 is 13.4 Å². The number of rotatable bonds is 5. The quantitative estimate of drug-likeness (QED) is 0.834. The van der Waals surface area contributed by atoms with Gasteiger partial charge in [0, 0.05) is 11.5 Å². The Morgan fingerprint density at radius 1 is 1.50 bits per heavy atom. The van der Waals surface area contributed by atoms with Crippen LogP contribution >= 0.6 is 0 Å². The first kappa shape index (κ1) is 7.17. The summed E-state index contributed by atoms with van der Waals surface area (Å²) in [6, 6.07) is 5.64. The summed E-state index contributed by atoms with van der Waals surface area (Å²) in [5.41, 5.74) is 1.03. The maximum Gasteiger partial charge on any atom is 0.231 e. The molecule has 0 saturated carbocycles. The van der Waals surface area contributed by atoms with Crippen LogP contribution in [0, 0.1) is 0 Å². The molecule has 1 aliphatic rings. The number of likely N-dealkylation sites (N-methyl/N-ethyl adjacent to an activating group) is 1. The lowest BCUT2D eigenvalue weighted by molar-refractivity contribution is 0.174. The highest BCUT2D eigenvalue weighted by atomic mass is 16.7. The van der Waals surface area contributed by atoms with Crippen LogP contribution in [0.25, 0.3) is 0 Å². The molecule has 0 spiro atoms. The molecule has 0 saturated heterocycles. The molecule has 2 atom stereocenters. The standard InChI is InChI=1S/C13H19NO2/c1-3-11(14-4-2)7-10-5-6-12-13(8-10)16-9-15-12/h5-6,8,11,14H,3-4,7,9H2,1-2H3/i2D3,4D. The number of hydrogen-bond acceptors (Lipinski definition) is 3. The molecular weight excluding hydrogens is 202 g/mol. The molecule has 2 unspecified atom stereocenters. The molecule has 2 rings (SSSR count). The predicted octanol–water partition coefficient (Wildman–Crippen LogP) is 2.35. The zero-order chi connectivity index (χ0) is 14.8. The number of ether oxygens (including phenoxy) is 2. The molecule has 3 heteroatoms. The monoisotopic (exact) mass is 225 g/mol. The van der Waals surface area contributed by atoms with E-state index >= 15 is 0 Å². The van der Waals surface area contributed by atoms with Gasteiger partial charge in [-0.05, 0) is 37.1 Å². The Morgan fingerprint density at radius 2 is 2.38 bits per heavy atom. The minimum Gasteiger partial charge on any atom is -0.454 e. The van der Waals surface area contributed by atoms with Crippen LogP contribution in [0.5, 0.6) is 11.5 Å². The third kappa shape index (κ3) is 2.47. The van der Waals surface area contributed by atoms with Crippen molar-refractivity contribution in [1.29, 1.82) is 0 Å².